The van der Waals surface area contributed by atoms with Crippen molar-refractivity contribution >= 4 is 17.4 Å². The Hall–Kier alpha value is -2.67. The fourth-order valence-corrected chi connectivity index (χ4v) is 3.87. The van der Waals surface area contributed by atoms with Crippen LogP contribution in [0, 0.1) is 0 Å². The van der Waals surface area contributed by atoms with Crippen molar-refractivity contribution in [3.8, 4) is 0 Å². The SMILES string of the molecule is CC(=O)c1ccc(N2CCN(C(=O)c3coc(C4CCCNC4)n3)CC2)cc1. The Morgan fingerprint density at radius 2 is 1.89 bits per heavy atom. The van der Waals surface area contributed by atoms with Crippen molar-refractivity contribution in [1.29, 1.82) is 0 Å². The van der Waals surface area contributed by atoms with Crippen LogP contribution in [0.25, 0.3) is 0 Å². The molecule has 1 N–H and O–H groups in total. The molecule has 2 saturated heterocycles. The fourth-order valence-electron chi connectivity index (χ4n) is 3.87. The van der Waals surface area contributed by atoms with Crippen LogP contribution >= 0.6 is 0 Å². The number of nitrogens with one attached hydrogen (secondary N) is 1. The van der Waals surface area contributed by atoms with Gasteiger partial charge >= 0.3 is 0 Å². The molecule has 1 unspecified atom stereocenters. The standard InChI is InChI=1S/C21H26N4O3/c1-15(26)16-4-6-18(7-5-16)24-9-11-25(12-10-24)21(27)19-14-28-20(23-19)17-3-2-8-22-13-17/h4-7,14,17,22H,2-3,8-13H2,1H3. The number of hydrogen-bond acceptors (Lipinski definition) is 6. The zero-order valence-electron chi connectivity index (χ0n) is 16.2. The van der Waals surface area contributed by atoms with Crippen LogP contribution < -0.4 is 10.2 Å². The molecule has 1 aromatic heterocycles. The molecule has 4 rings (SSSR count). The maximum atomic E-state index is 12.8. The number of amides is 1. The summed E-state index contributed by atoms with van der Waals surface area (Å²) in [5.74, 6) is 0.924. The Morgan fingerprint density at radius 1 is 1.14 bits per heavy atom. The summed E-state index contributed by atoms with van der Waals surface area (Å²) in [4.78, 5) is 32.7. The van der Waals surface area contributed by atoms with Gasteiger partial charge in [-0.15, -0.1) is 0 Å². The van der Waals surface area contributed by atoms with Crippen molar-refractivity contribution in [3.63, 3.8) is 0 Å². The molecule has 2 aromatic rings. The second kappa shape index (κ2) is 8.14. The highest BCUT2D eigenvalue weighted by atomic mass is 16.3. The van der Waals surface area contributed by atoms with Gasteiger partial charge in [-0.2, -0.15) is 0 Å². The van der Waals surface area contributed by atoms with E-state index in [0.29, 0.717) is 30.2 Å². The summed E-state index contributed by atoms with van der Waals surface area (Å²) < 4.78 is 5.60. The average Bonchev–Trinajstić information content (AvgIpc) is 3.24. The van der Waals surface area contributed by atoms with E-state index in [-0.39, 0.29) is 17.6 Å². The number of rotatable bonds is 4. The Labute approximate surface area is 164 Å². The highest BCUT2D eigenvalue weighted by Gasteiger charge is 2.27. The molecule has 0 radical (unpaired) electrons. The third kappa shape index (κ3) is 3.94. The minimum Gasteiger partial charge on any atom is -0.448 e. The third-order valence-electron chi connectivity index (χ3n) is 5.59. The lowest BCUT2D eigenvalue weighted by Crippen LogP contribution is -2.48. The predicted molar refractivity (Wildman–Crippen MR) is 106 cm³/mol. The van der Waals surface area contributed by atoms with Gasteiger partial charge in [0, 0.05) is 49.9 Å². The van der Waals surface area contributed by atoms with Crippen LogP contribution in [-0.2, 0) is 0 Å². The first-order chi connectivity index (χ1) is 13.6. The van der Waals surface area contributed by atoms with Crippen LogP contribution in [0.5, 0.6) is 0 Å². The summed E-state index contributed by atoms with van der Waals surface area (Å²) in [5, 5.41) is 3.35. The number of carbonyl (C=O) groups is 2. The molecule has 1 amide bonds. The molecule has 2 aliphatic heterocycles. The monoisotopic (exact) mass is 382 g/mol. The number of carbonyl (C=O) groups excluding carboxylic acids is 2. The molecule has 28 heavy (non-hydrogen) atoms. The minimum atomic E-state index is -0.0645. The molecule has 7 heteroatoms. The molecule has 0 aliphatic carbocycles. The normalized spacial score (nSPS) is 20.2. The van der Waals surface area contributed by atoms with Crippen LogP contribution in [0.15, 0.2) is 34.9 Å². The number of anilines is 1. The van der Waals surface area contributed by atoms with Crippen molar-refractivity contribution in [1.82, 2.24) is 15.2 Å². The second-order valence-electron chi connectivity index (χ2n) is 7.50. The quantitative estimate of drug-likeness (QED) is 0.818. The van der Waals surface area contributed by atoms with E-state index in [1.54, 1.807) is 6.92 Å². The predicted octanol–water partition coefficient (Wildman–Crippen LogP) is 2.31. The number of ketones is 1. The summed E-state index contributed by atoms with van der Waals surface area (Å²) in [5.41, 5.74) is 2.19. The number of Topliss-reactive ketones (excluding diaryl/α,β-unsaturated/α-hetero) is 1. The molecule has 1 atom stereocenters. The molecular weight excluding hydrogens is 356 g/mol. The topological polar surface area (TPSA) is 78.7 Å². The highest BCUT2D eigenvalue weighted by molar-refractivity contribution is 5.94. The summed E-state index contributed by atoms with van der Waals surface area (Å²) in [7, 11) is 0. The van der Waals surface area contributed by atoms with Gasteiger partial charge in [0.1, 0.15) is 6.26 Å². The number of oxazole rings is 1. The van der Waals surface area contributed by atoms with E-state index < -0.39 is 0 Å². The smallest absolute Gasteiger partial charge is 0.275 e. The van der Waals surface area contributed by atoms with Crippen molar-refractivity contribution in [2.75, 3.05) is 44.2 Å². The average molecular weight is 382 g/mol. The number of nitrogens with zero attached hydrogens (tertiary/aromatic N) is 3. The first-order valence-electron chi connectivity index (χ1n) is 9.93. The Morgan fingerprint density at radius 3 is 2.54 bits per heavy atom. The number of piperidine rings is 1. The summed E-state index contributed by atoms with van der Waals surface area (Å²) in [6.07, 6.45) is 3.65. The third-order valence-corrected chi connectivity index (χ3v) is 5.59. The van der Waals surface area contributed by atoms with Gasteiger partial charge in [-0.3, -0.25) is 9.59 Å². The number of piperazine rings is 1. The van der Waals surface area contributed by atoms with E-state index in [4.69, 9.17) is 4.42 Å². The largest absolute Gasteiger partial charge is 0.448 e. The van der Waals surface area contributed by atoms with Crippen LogP contribution in [0.3, 0.4) is 0 Å². The summed E-state index contributed by atoms with van der Waals surface area (Å²) in [6, 6.07) is 7.64. The van der Waals surface area contributed by atoms with Crippen LogP contribution in [-0.4, -0.2) is 60.8 Å². The van der Waals surface area contributed by atoms with Crippen LogP contribution in [0.1, 0.15) is 52.4 Å². The molecule has 0 spiro atoms. The van der Waals surface area contributed by atoms with E-state index in [9.17, 15) is 9.59 Å². The van der Waals surface area contributed by atoms with Gasteiger partial charge in [-0.05, 0) is 50.6 Å². The van der Waals surface area contributed by atoms with E-state index in [1.807, 2.05) is 29.2 Å². The lowest BCUT2D eigenvalue weighted by atomic mass is 10.00. The molecule has 148 valence electrons. The number of hydrogen-bond donors (Lipinski definition) is 1. The van der Waals surface area contributed by atoms with E-state index in [2.05, 4.69) is 15.2 Å². The molecule has 7 nitrogen and oxygen atoms in total. The van der Waals surface area contributed by atoms with Crippen LogP contribution in [0.4, 0.5) is 5.69 Å². The highest BCUT2D eigenvalue weighted by Crippen LogP contribution is 2.23. The Bertz CT molecular complexity index is 832. The van der Waals surface area contributed by atoms with Gasteiger partial charge in [0.15, 0.2) is 17.4 Å². The van der Waals surface area contributed by atoms with Gasteiger partial charge < -0.3 is 19.5 Å². The van der Waals surface area contributed by atoms with Crippen molar-refractivity contribution < 1.29 is 14.0 Å². The van der Waals surface area contributed by atoms with Gasteiger partial charge in [0.25, 0.3) is 5.91 Å². The van der Waals surface area contributed by atoms with Gasteiger partial charge in [0.05, 0.1) is 0 Å². The first-order valence-corrected chi connectivity index (χ1v) is 9.93. The maximum absolute atomic E-state index is 12.8. The number of benzene rings is 1. The molecule has 1 aromatic carbocycles. The van der Waals surface area contributed by atoms with Crippen molar-refractivity contribution in [2.45, 2.75) is 25.7 Å². The molecule has 2 fully saturated rings. The maximum Gasteiger partial charge on any atom is 0.275 e. The summed E-state index contributed by atoms with van der Waals surface area (Å²) in [6.45, 7) is 6.24. The Kier molecular flexibility index (Phi) is 5.43. The number of aromatic nitrogens is 1. The molecular formula is C21H26N4O3. The minimum absolute atomic E-state index is 0.0645. The van der Waals surface area contributed by atoms with E-state index in [0.717, 1.165) is 44.7 Å². The van der Waals surface area contributed by atoms with Gasteiger partial charge in [-0.25, -0.2) is 4.98 Å². The zero-order valence-corrected chi connectivity index (χ0v) is 16.2. The van der Waals surface area contributed by atoms with Crippen molar-refractivity contribution in [2.24, 2.45) is 0 Å². The Balaban J connectivity index is 1.35. The van der Waals surface area contributed by atoms with Crippen molar-refractivity contribution in [3.05, 3.63) is 47.7 Å². The van der Waals surface area contributed by atoms with E-state index >= 15 is 0 Å². The lowest BCUT2D eigenvalue weighted by Gasteiger charge is -2.35. The van der Waals surface area contributed by atoms with E-state index in [1.165, 1.54) is 6.26 Å². The first kappa shape index (κ1) is 18.7. The van der Waals surface area contributed by atoms with Crippen LogP contribution in [0.2, 0.25) is 0 Å². The molecule has 3 heterocycles. The molecule has 2 aliphatic rings. The van der Waals surface area contributed by atoms with Gasteiger partial charge in [-0.1, -0.05) is 0 Å². The second-order valence-corrected chi connectivity index (χ2v) is 7.50. The zero-order chi connectivity index (χ0) is 19.5. The summed E-state index contributed by atoms with van der Waals surface area (Å²) >= 11 is 0. The molecule has 0 saturated carbocycles. The molecule has 0 bridgehead atoms. The van der Waals surface area contributed by atoms with Gasteiger partial charge in [0.2, 0.25) is 0 Å². The fraction of sp³-hybridized carbons (Fsp3) is 0.476. The lowest BCUT2D eigenvalue weighted by molar-refractivity contribution is 0.0740.